The van der Waals surface area contributed by atoms with Gasteiger partial charge < -0.3 is 31.9 Å². The van der Waals surface area contributed by atoms with E-state index < -0.39 is 47.9 Å². The van der Waals surface area contributed by atoms with Gasteiger partial charge in [-0.3, -0.25) is 14.4 Å². The Hall–Kier alpha value is -3.57. The van der Waals surface area contributed by atoms with Crippen molar-refractivity contribution >= 4 is 35.5 Å². The van der Waals surface area contributed by atoms with E-state index in [0.717, 1.165) is 5.56 Å². The zero-order chi connectivity index (χ0) is 29.7. The first-order valence-corrected chi connectivity index (χ1v) is 14.6. The van der Waals surface area contributed by atoms with Gasteiger partial charge in [0.25, 0.3) is 0 Å². The summed E-state index contributed by atoms with van der Waals surface area (Å²) in [5.41, 5.74) is 7.52. The van der Waals surface area contributed by atoms with Crippen molar-refractivity contribution in [3.05, 3.63) is 65.7 Å². The van der Waals surface area contributed by atoms with Crippen molar-refractivity contribution in [2.45, 2.75) is 63.7 Å². The number of carboxylic acid groups (broad SMARTS) is 1. The van der Waals surface area contributed by atoms with Crippen LogP contribution >= 0.6 is 11.8 Å². The molecule has 0 saturated heterocycles. The molecule has 10 nitrogen and oxygen atoms in total. The topological polar surface area (TPSA) is 171 Å². The molecule has 3 amide bonds. The van der Waals surface area contributed by atoms with Crippen molar-refractivity contribution in [3.63, 3.8) is 0 Å². The predicted molar refractivity (Wildman–Crippen MR) is 156 cm³/mol. The first kappa shape index (κ1) is 32.6. The summed E-state index contributed by atoms with van der Waals surface area (Å²) in [7, 11) is 0. The van der Waals surface area contributed by atoms with Gasteiger partial charge in [0.2, 0.25) is 17.7 Å². The van der Waals surface area contributed by atoms with E-state index in [1.807, 2.05) is 26.2 Å². The molecule has 0 bridgehead atoms. The van der Waals surface area contributed by atoms with Gasteiger partial charge in [-0.05, 0) is 47.6 Å². The number of thioether (sulfide) groups is 1. The van der Waals surface area contributed by atoms with Crippen LogP contribution in [0, 0.1) is 5.92 Å². The smallest absolute Gasteiger partial charge is 0.326 e. The zero-order valence-electron chi connectivity index (χ0n) is 23.1. The standard InChI is InChI=1S/C29H40N4O6S/c1-4-18(2)25(30)28(37)32-23(16-20-10-12-21(34)13-11-20)27(36)31-22(14-15-40-3)26(35)33-24(29(38)39)17-19-8-6-5-7-9-19/h5-13,18,22-25,34H,4,14-17,30H2,1-3H3,(H,31,36)(H,32,37)(H,33,35)(H,38,39). The van der Waals surface area contributed by atoms with Gasteiger partial charge in [0.05, 0.1) is 6.04 Å². The fourth-order valence-electron chi connectivity index (χ4n) is 3.96. The molecule has 40 heavy (non-hydrogen) atoms. The zero-order valence-corrected chi connectivity index (χ0v) is 23.9. The predicted octanol–water partition coefficient (Wildman–Crippen LogP) is 1.84. The Morgan fingerprint density at radius 1 is 0.825 bits per heavy atom. The highest BCUT2D eigenvalue weighted by Crippen LogP contribution is 2.13. The highest BCUT2D eigenvalue weighted by atomic mass is 32.2. The average molecular weight is 573 g/mol. The number of nitrogens with two attached hydrogens (primary N) is 1. The van der Waals surface area contributed by atoms with Gasteiger partial charge in [0, 0.05) is 12.8 Å². The maximum Gasteiger partial charge on any atom is 0.326 e. The molecule has 0 radical (unpaired) electrons. The second kappa shape index (κ2) is 16.5. The lowest BCUT2D eigenvalue weighted by Gasteiger charge is -2.26. The van der Waals surface area contributed by atoms with Crippen molar-refractivity contribution in [2.75, 3.05) is 12.0 Å². The van der Waals surface area contributed by atoms with Crippen molar-refractivity contribution in [2.24, 2.45) is 11.7 Å². The molecule has 11 heteroatoms. The van der Waals surface area contributed by atoms with Gasteiger partial charge in [0.15, 0.2) is 0 Å². The molecular weight excluding hydrogens is 532 g/mol. The van der Waals surface area contributed by atoms with E-state index in [0.29, 0.717) is 17.7 Å². The molecule has 2 rings (SSSR count). The first-order valence-electron chi connectivity index (χ1n) is 13.3. The van der Waals surface area contributed by atoms with Gasteiger partial charge in [-0.25, -0.2) is 4.79 Å². The van der Waals surface area contributed by atoms with Crippen LogP contribution in [-0.2, 0) is 32.0 Å². The number of phenols is 1. The normalized spacial score (nSPS) is 14.7. The molecule has 0 fully saturated rings. The number of aliphatic carboxylic acids is 1. The highest BCUT2D eigenvalue weighted by Gasteiger charge is 2.31. The van der Waals surface area contributed by atoms with Gasteiger partial charge in [-0.15, -0.1) is 0 Å². The summed E-state index contributed by atoms with van der Waals surface area (Å²) in [5.74, 6) is -2.44. The van der Waals surface area contributed by atoms with Crippen LogP contribution in [0.5, 0.6) is 5.75 Å². The lowest BCUT2D eigenvalue weighted by molar-refractivity contribution is -0.142. The van der Waals surface area contributed by atoms with E-state index in [9.17, 15) is 29.4 Å². The minimum absolute atomic E-state index is 0.0601. The van der Waals surface area contributed by atoms with Crippen LogP contribution < -0.4 is 21.7 Å². The summed E-state index contributed by atoms with van der Waals surface area (Å²) in [6.07, 6.45) is 2.96. The molecule has 2 aromatic rings. The number of amides is 3. The summed E-state index contributed by atoms with van der Waals surface area (Å²) in [6, 6.07) is 11.0. The van der Waals surface area contributed by atoms with Crippen molar-refractivity contribution in [3.8, 4) is 5.75 Å². The van der Waals surface area contributed by atoms with E-state index >= 15 is 0 Å². The first-order chi connectivity index (χ1) is 19.0. The molecule has 5 atom stereocenters. The average Bonchev–Trinajstić information content (AvgIpc) is 2.94. The molecule has 0 aliphatic rings. The number of nitrogens with one attached hydrogen (secondary N) is 3. The molecule has 2 aromatic carbocycles. The molecule has 0 heterocycles. The summed E-state index contributed by atoms with van der Waals surface area (Å²) in [4.78, 5) is 51.5. The van der Waals surface area contributed by atoms with E-state index in [1.165, 1.54) is 23.9 Å². The van der Waals surface area contributed by atoms with E-state index in [4.69, 9.17) is 5.73 Å². The number of hydrogen-bond donors (Lipinski definition) is 6. The fraction of sp³-hybridized carbons (Fsp3) is 0.448. The van der Waals surface area contributed by atoms with Crippen molar-refractivity contribution in [1.29, 1.82) is 0 Å². The summed E-state index contributed by atoms with van der Waals surface area (Å²) in [5, 5.41) is 27.3. The largest absolute Gasteiger partial charge is 0.508 e. The number of phenolic OH excluding ortho intramolecular Hbond substituents is 1. The fourth-order valence-corrected chi connectivity index (χ4v) is 4.43. The third-order valence-corrected chi connectivity index (χ3v) is 7.35. The lowest BCUT2D eigenvalue weighted by Crippen LogP contribution is -2.58. The Labute approximate surface area is 239 Å². The van der Waals surface area contributed by atoms with Crippen LogP contribution in [0.25, 0.3) is 0 Å². The molecule has 0 aromatic heterocycles. The molecule has 7 N–H and O–H groups in total. The van der Waals surface area contributed by atoms with Crippen LogP contribution in [0.3, 0.4) is 0 Å². The number of carboxylic acids is 1. The van der Waals surface area contributed by atoms with Crippen molar-refractivity contribution in [1.82, 2.24) is 16.0 Å². The molecule has 218 valence electrons. The second-order valence-corrected chi connectivity index (χ2v) is 10.8. The molecule has 0 saturated carbocycles. The summed E-state index contributed by atoms with van der Waals surface area (Å²) < 4.78 is 0. The van der Waals surface area contributed by atoms with E-state index in [2.05, 4.69) is 16.0 Å². The van der Waals surface area contributed by atoms with Gasteiger partial charge in [0.1, 0.15) is 23.9 Å². The highest BCUT2D eigenvalue weighted by molar-refractivity contribution is 7.98. The molecule has 0 aliphatic heterocycles. The Morgan fingerprint density at radius 3 is 1.93 bits per heavy atom. The van der Waals surface area contributed by atoms with Crippen LogP contribution in [-0.4, -0.2) is 70.1 Å². The third kappa shape index (κ3) is 10.5. The Balaban J connectivity index is 2.23. The Morgan fingerprint density at radius 2 is 1.35 bits per heavy atom. The number of rotatable bonds is 16. The van der Waals surface area contributed by atoms with Crippen LogP contribution in [0.15, 0.2) is 54.6 Å². The minimum atomic E-state index is -1.19. The van der Waals surface area contributed by atoms with Gasteiger partial charge in [-0.2, -0.15) is 11.8 Å². The monoisotopic (exact) mass is 572 g/mol. The van der Waals surface area contributed by atoms with Crippen molar-refractivity contribution < 1.29 is 29.4 Å². The van der Waals surface area contributed by atoms with Crippen LogP contribution in [0.4, 0.5) is 0 Å². The number of hydrogen-bond acceptors (Lipinski definition) is 7. The lowest BCUT2D eigenvalue weighted by atomic mass is 9.98. The molecule has 0 spiro atoms. The Kier molecular flexibility index (Phi) is 13.5. The molecular formula is C29H40N4O6S. The van der Waals surface area contributed by atoms with Gasteiger partial charge in [-0.1, -0.05) is 62.7 Å². The van der Waals surface area contributed by atoms with E-state index in [1.54, 1.807) is 36.4 Å². The van der Waals surface area contributed by atoms with Gasteiger partial charge >= 0.3 is 5.97 Å². The quantitative estimate of drug-likeness (QED) is 0.177. The molecule has 5 unspecified atom stereocenters. The number of carbonyl (C=O) groups excluding carboxylic acids is 3. The Bertz CT molecular complexity index is 1120. The van der Waals surface area contributed by atoms with Crippen LogP contribution in [0.1, 0.15) is 37.8 Å². The number of benzene rings is 2. The summed E-state index contributed by atoms with van der Waals surface area (Å²) in [6.45, 7) is 3.76. The maximum atomic E-state index is 13.5. The second-order valence-electron chi connectivity index (χ2n) is 9.77. The maximum absolute atomic E-state index is 13.5. The SMILES string of the molecule is CCC(C)C(N)C(=O)NC(Cc1ccc(O)cc1)C(=O)NC(CCSC)C(=O)NC(Cc1ccccc1)C(=O)O. The molecule has 0 aliphatic carbocycles. The van der Waals surface area contributed by atoms with Crippen LogP contribution in [0.2, 0.25) is 0 Å². The summed E-state index contributed by atoms with van der Waals surface area (Å²) >= 11 is 1.48. The number of carbonyl (C=O) groups is 4. The van der Waals surface area contributed by atoms with E-state index in [-0.39, 0.29) is 30.9 Å². The number of aromatic hydroxyl groups is 1. The third-order valence-electron chi connectivity index (χ3n) is 6.71. The minimum Gasteiger partial charge on any atom is -0.508 e.